The Balaban J connectivity index is 2.77. The molecule has 0 aliphatic carbocycles. The maximum Gasteiger partial charge on any atom is 0.178 e. The minimum atomic E-state index is -1.28. The highest BCUT2D eigenvalue weighted by Gasteiger charge is 2.19. The van der Waals surface area contributed by atoms with E-state index in [9.17, 15) is 8.78 Å². The summed E-state index contributed by atoms with van der Waals surface area (Å²) in [6.45, 7) is 0. The van der Waals surface area contributed by atoms with Crippen molar-refractivity contribution in [1.82, 2.24) is 0 Å². The predicted octanol–water partition coefficient (Wildman–Crippen LogP) is 3.38. The first-order valence-corrected chi connectivity index (χ1v) is 5.06. The molecule has 18 heavy (non-hydrogen) atoms. The lowest BCUT2D eigenvalue weighted by Crippen LogP contribution is -1.98. The van der Waals surface area contributed by atoms with Crippen molar-refractivity contribution in [2.75, 3.05) is 0 Å². The highest BCUT2D eigenvalue weighted by Crippen LogP contribution is 2.28. The zero-order chi connectivity index (χ0) is 13.1. The van der Waals surface area contributed by atoms with Crippen molar-refractivity contribution in [2.24, 2.45) is 0 Å². The van der Waals surface area contributed by atoms with Crippen LogP contribution in [0.4, 0.5) is 8.78 Å². The molecule has 2 nitrogen and oxygen atoms in total. The lowest BCUT2D eigenvalue weighted by Gasteiger charge is -2.06. The maximum absolute atomic E-state index is 13.8. The summed E-state index contributed by atoms with van der Waals surface area (Å²) >= 11 is 0. The van der Waals surface area contributed by atoms with Crippen LogP contribution in [0.3, 0.4) is 0 Å². The number of rotatable bonds is 1. The zero-order valence-corrected chi connectivity index (χ0v) is 9.11. The molecule has 86 valence electrons. The van der Waals surface area contributed by atoms with Crippen LogP contribution in [0.5, 0.6) is 0 Å². The van der Waals surface area contributed by atoms with Gasteiger partial charge in [-0.2, -0.15) is 10.5 Å². The van der Waals surface area contributed by atoms with Crippen molar-refractivity contribution in [2.45, 2.75) is 0 Å². The van der Waals surface area contributed by atoms with Crippen molar-refractivity contribution in [1.29, 1.82) is 10.5 Å². The average molecular weight is 240 g/mol. The highest BCUT2D eigenvalue weighted by molar-refractivity contribution is 5.68. The minimum Gasteiger partial charge on any atom is -0.203 e. The molecule has 0 amide bonds. The van der Waals surface area contributed by atoms with Gasteiger partial charge >= 0.3 is 0 Å². The molecule has 0 N–H and O–H groups in total. The topological polar surface area (TPSA) is 47.6 Å². The van der Waals surface area contributed by atoms with E-state index in [1.165, 1.54) is 12.1 Å². The van der Waals surface area contributed by atoms with Crippen LogP contribution in [0.25, 0.3) is 11.1 Å². The molecule has 0 aliphatic heterocycles. The summed E-state index contributed by atoms with van der Waals surface area (Å²) in [5.41, 5.74) is -0.302. The molecule has 4 heteroatoms. The van der Waals surface area contributed by atoms with E-state index in [4.69, 9.17) is 10.5 Å². The summed E-state index contributed by atoms with van der Waals surface area (Å²) in [4.78, 5) is 0. The second kappa shape index (κ2) is 4.65. The second-order valence-electron chi connectivity index (χ2n) is 3.56. The molecule has 0 saturated carbocycles. The Hall–Kier alpha value is -2.72. The van der Waals surface area contributed by atoms with Gasteiger partial charge in [-0.25, -0.2) is 8.78 Å². The van der Waals surface area contributed by atoms with Crippen LogP contribution in [0, 0.1) is 34.3 Å². The van der Waals surface area contributed by atoms with Crippen LogP contribution in [0.15, 0.2) is 36.4 Å². The molecule has 0 atom stereocenters. The molecule has 0 heterocycles. The van der Waals surface area contributed by atoms with Crippen molar-refractivity contribution >= 4 is 0 Å². The molecule has 0 radical (unpaired) electrons. The van der Waals surface area contributed by atoms with Crippen LogP contribution >= 0.6 is 0 Å². The third kappa shape index (κ3) is 1.81. The van der Waals surface area contributed by atoms with Crippen molar-refractivity contribution in [3.63, 3.8) is 0 Å². The van der Waals surface area contributed by atoms with Crippen LogP contribution < -0.4 is 0 Å². The Morgan fingerprint density at radius 2 is 1.56 bits per heavy atom. The van der Waals surface area contributed by atoms with Gasteiger partial charge in [0.1, 0.15) is 17.7 Å². The van der Waals surface area contributed by atoms with Gasteiger partial charge in [-0.15, -0.1) is 0 Å². The van der Waals surface area contributed by atoms with Crippen LogP contribution in [0.2, 0.25) is 0 Å². The maximum atomic E-state index is 13.8. The van der Waals surface area contributed by atoms with E-state index in [2.05, 4.69) is 0 Å². The molecule has 0 unspecified atom stereocenters. The van der Waals surface area contributed by atoms with Gasteiger partial charge in [-0.1, -0.05) is 30.3 Å². The van der Waals surface area contributed by atoms with E-state index < -0.39 is 17.2 Å². The summed E-state index contributed by atoms with van der Waals surface area (Å²) in [6.07, 6.45) is 0. The molecule has 0 saturated heterocycles. The van der Waals surface area contributed by atoms with Gasteiger partial charge in [0.2, 0.25) is 0 Å². The monoisotopic (exact) mass is 240 g/mol. The Labute approximate surface area is 102 Å². The first-order valence-electron chi connectivity index (χ1n) is 5.06. The lowest BCUT2D eigenvalue weighted by atomic mass is 9.99. The van der Waals surface area contributed by atoms with Gasteiger partial charge < -0.3 is 0 Å². The lowest BCUT2D eigenvalue weighted by molar-refractivity contribution is 0.508. The predicted molar refractivity (Wildman–Crippen MR) is 61.2 cm³/mol. The van der Waals surface area contributed by atoms with E-state index in [0.717, 1.165) is 0 Å². The standard InChI is InChI=1S/C14H6F2N2/c15-13-11(9-4-2-1-3-5-9)6-10(7-17)12(8-18)14(13)16/h1-6H. The summed E-state index contributed by atoms with van der Waals surface area (Å²) in [6, 6.07) is 12.7. The smallest absolute Gasteiger partial charge is 0.178 e. The van der Waals surface area contributed by atoms with Crippen molar-refractivity contribution in [3.8, 4) is 23.3 Å². The molecule has 2 aromatic rings. The number of benzene rings is 2. The van der Waals surface area contributed by atoms with Crippen molar-refractivity contribution < 1.29 is 8.78 Å². The van der Waals surface area contributed by atoms with Crippen LogP contribution in [0.1, 0.15) is 11.1 Å². The molecule has 0 fully saturated rings. The number of halogens is 2. The van der Waals surface area contributed by atoms with E-state index >= 15 is 0 Å². The summed E-state index contributed by atoms with van der Waals surface area (Å²) < 4.78 is 27.5. The van der Waals surface area contributed by atoms with Gasteiger partial charge in [-0.3, -0.25) is 0 Å². The summed E-state index contributed by atoms with van der Waals surface area (Å²) in [5, 5.41) is 17.6. The fourth-order valence-electron chi connectivity index (χ4n) is 1.65. The molecule has 0 spiro atoms. The van der Waals surface area contributed by atoms with E-state index in [1.807, 2.05) is 0 Å². The fourth-order valence-corrected chi connectivity index (χ4v) is 1.65. The van der Waals surface area contributed by atoms with Gasteiger partial charge in [0.05, 0.1) is 5.56 Å². The van der Waals surface area contributed by atoms with Gasteiger partial charge in [-0.05, 0) is 11.6 Å². The Morgan fingerprint density at radius 1 is 0.889 bits per heavy atom. The van der Waals surface area contributed by atoms with E-state index in [1.54, 1.807) is 36.4 Å². The molecule has 2 rings (SSSR count). The molecule has 0 bridgehead atoms. The van der Waals surface area contributed by atoms with Crippen molar-refractivity contribution in [3.05, 3.63) is 59.2 Å². The second-order valence-corrected chi connectivity index (χ2v) is 3.56. The zero-order valence-electron chi connectivity index (χ0n) is 9.11. The summed E-state index contributed by atoms with van der Waals surface area (Å²) in [5.74, 6) is -2.40. The number of nitrogens with zero attached hydrogens (tertiary/aromatic N) is 2. The normalized spacial score (nSPS) is 9.56. The quantitative estimate of drug-likeness (QED) is 0.767. The van der Waals surface area contributed by atoms with Crippen LogP contribution in [-0.4, -0.2) is 0 Å². The minimum absolute atomic E-state index is 0.0244. The van der Waals surface area contributed by atoms with Gasteiger partial charge in [0.15, 0.2) is 11.6 Å². The van der Waals surface area contributed by atoms with Crippen LogP contribution in [-0.2, 0) is 0 Å². The highest BCUT2D eigenvalue weighted by atomic mass is 19.2. The third-order valence-electron chi connectivity index (χ3n) is 2.52. The summed E-state index contributed by atoms with van der Waals surface area (Å²) in [7, 11) is 0. The molecule has 2 aromatic carbocycles. The van der Waals surface area contributed by atoms with E-state index in [-0.39, 0.29) is 11.1 Å². The van der Waals surface area contributed by atoms with Gasteiger partial charge in [0, 0.05) is 5.56 Å². The first kappa shape index (κ1) is 11.8. The van der Waals surface area contributed by atoms with Gasteiger partial charge in [0.25, 0.3) is 0 Å². The SMILES string of the molecule is N#Cc1cc(-c2ccccc2)c(F)c(F)c1C#N. The van der Waals surface area contributed by atoms with E-state index in [0.29, 0.717) is 5.56 Å². The number of nitriles is 2. The number of hydrogen-bond acceptors (Lipinski definition) is 2. The largest absolute Gasteiger partial charge is 0.203 e. The Kier molecular flexibility index (Phi) is 3.03. The molecular formula is C14H6F2N2. The number of hydrogen-bond donors (Lipinski definition) is 0. The first-order chi connectivity index (χ1) is 8.69. The molecular weight excluding hydrogens is 234 g/mol. The average Bonchev–Trinajstić information content (AvgIpc) is 2.42. The molecule has 0 aromatic heterocycles. The Bertz CT molecular complexity index is 680. The Morgan fingerprint density at radius 3 is 2.11 bits per heavy atom. The molecule has 0 aliphatic rings. The fraction of sp³-hybridized carbons (Fsp3) is 0. The third-order valence-corrected chi connectivity index (χ3v) is 2.52.